The minimum absolute atomic E-state index is 0.898. The average molecular weight is 365 g/mol. The minimum Gasteiger partial charge on any atom is -0.155 e. The molecule has 0 spiro atoms. The van der Waals surface area contributed by atoms with Crippen LogP contribution < -0.4 is 0 Å². The molecule has 1 saturated carbocycles. The van der Waals surface area contributed by atoms with Crippen LogP contribution in [-0.2, 0) is 12.8 Å². The van der Waals surface area contributed by atoms with Crippen molar-refractivity contribution >= 4 is 0 Å². The molecule has 1 aliphatic rings. The zero-order chi connectivity index (χ0) is 18.9. The van der Waals surface area contributed by atoms with Gasteiger partial charge in [-0.3, -0.25) is 0 Å². The monoisotopic (exact) mass is 364 g/mol. The molecular formula is C25H36N2. The van der Waals surface area contributed by atoms with Crippen LogP contribution in [-0.4, -0.2) is 10.2 Å². The molecule has 146 valence electrons. The molecule has 27 heavy (non-hydrogen) atoms. The van der Waals surface area contributed by atoms with Gasteiger partial charge in [-0.1, -0.05) is 83.1 Å². The summed E-state index contributed by atoms with van der Waals surface area (Å²) in [6.45, 7) is 4.59. The summed E-state index contributed by atoms with van der Waals surface area (Å²) in [4.78, 5) is 0. The van der Waals surface area contributed by atoms with Crippen molar-refractivity contribution in [3.05, 3.63) is 47.7 Å². The van der Waals surface area contributed by atoms with Crippen molar-refractivity contribution < 1.29 is 0 Å². The maximum Gasteiger partial charge on any atom is 0.0929 e. The van der Waals surface area contributed by atoms with Gasteiger partial charge in [0, 0.05) is 5.56 Å². The van der Waals surface area contributed by atoms with Gasteiger partial charge in [-0.25, -0.2) is 0 Å². The summed E-state index contributed by atoms with van der Waals surface area (Å²) in [6.07, 6.45) is 14.4. The predicted molar refractivity (Wildman–Crippen MR) is 115 cm³/mol. The van der Waals surface area contributed by atoms with Crippen molar-refractivity contribution in [1.29, 1.82) is 0 Å². The molecule has 1 aliphatic carbocycles. The van der Waals surface area contributed by atoms with E-state index in [-0.39, 0.29) is 0 Å². The minimum atomic E-state index is 0.898. The Kier molecular flexibility index (Phi) is 7.86. The molecule has 1 fully saturated rings. The number of hydrogen-bond donors (Lipinski definition) is 0. The van der Waals surface area contributed by atoms with Crippen molar-refractivity contribution in [2.45, 2.75) is 84.5 Å². The first-order valence-corrected chi connectivity index (χ1v) is 11.2. The Hall–Kier alpha value is -1.70. The van der Waals surface area contributed by atoms with Gasteiger partial charge in [0.1, 0.15) is 0 Å². The predicted octanol–water partition coefficient (Wildman–Crippen LogP) is 7.03. The lowest BCUT2D eigenvalue weighted by atomic mass is 9.79. The second kappa shape index (κ2) is 10.6. The van der Waals surface area contributed by atoms with E-state index in [4.69, 9.17) is 0 Å². The summed E-state index contributed by atoms with van der Waals surface area (Å²) in [5.41, 5.74) is 4.73. The van der Waals surface area contributed by atoms with E-state index < -0.39 is 0 Å². The first kappa shape index (κ1) is 20.0. The Morgan fingerprint density at radius 1 is 0.778 bits per heavy atom. The number of rotatable bonds is 9. The second-order valence-corrected chi connectivity index (χ2v) is 8.40. The van der Waals surface area contributed by atoms with Gasteiger partial charge in [0.05, 0.1) is 11.4 Å². The number of aryl methyl sites for hydroxylation is 2. The maximum atomic E-state index is 4.50. The summed E-state index contributed by atoms with van der Waals surface area (Å²) in [5, 5.41) is 9.00. The third-order valence-electron chi connectivity index (χ3n) is 6.39. The fourth-order valence-corrected chi connectivity index (χ4v) is 4.35. The third kappa shape index (κ3) is 6.16. The molecule has 2 nitrogen and oxygen atoms in total. The van der Waals surface area contributed by atoms with Gasteiger partial charge in [0.2, 0.25) is 0 Å². The Morgan fingerprint density at radius 3 is 2.15 bits per heavy atom. The van der Waals surface area contributed by atoms with Crippen LogP contribution in [0.1, 0.15) is 82.9 Å². The molecule has 0 radical (unpaired) electrons. The summed E-state index contributed by atoms with van der Waals surface area (Å²) in [6, 6.07) is 13.2. The Labute approximate surface area is 165 Å². The highest BCUT2D eigenvalue weighted by molar-refractivity contribution is 5.58. The molecular weight excluding hydrogens is 328 g/mol. The fraction of sp³-hybridized carbons (Fsp3) is 0.600. The van der Waals surface area contributed by atoms with Crippen LogP contribution >= 0.6 is 0 Å². The average Bonchev–Trinajstić information content (AvgIpc) is 2.74. The zero-order valence-electron chi connectivity index (χ0n) is 17.3. The Balaban J connectivity index is 1.48. The molecule has 1 aromatic carbocycles. The van der Waals surface area contributed by atoms with Crippen LogP contribution in [0.5, 0.6) is 0 Å². The van der Waals surface area contributed by atoms with Crippen molar-refractivity contribution in [3.63, 3.8) is 0 Å². The number of unbranched alkanes of at least 4 members (excludes halogenated alkanes) is 2. The molecule has 1 aromatic heterocycles. The first-order chi connectivity index (χ1) is 13.3. The highest BCUT2D eigenvalue weighted by atomic mass is 15.1. The standard InChI is InChI=1S/C25H36N2/c1-3-5-6-7-21-12-15-23(16-13-21)25-19-18-24(26-27-25)17-14-22-10-8-20(4-2)9-11-22/h12-13,15-16,18-20,22H,3-11,14,17H2,1-2H3. The van der Waals surface area contributed by atoms with Gasteiger partial charge >= 0.3 is 0 Å². The molecule has 0 amide bonds. The molecule has 2 aromatic rings. The second-order valence-electron chi connectivity index (χ2n) is 8.40. The van der Waals surface area contributed by atoms with Gasteiger partial charge in [-0.05, 0) is 55.2 Å². The van der Waals surface area contributed by atoms with Crippen molar-refractivity contribution in [3.8, 4) is 11.3 Å². The smallest absolute Gasteiger partial charge is 0.0929 e. The van der Waals surface area contributed by atoms with Crippen molar-refractivity contribution in [2.75, 3.05) is 0 Å². The van der Waals surface area contributed by atoms with Crippen molar-refractivity contribution in [2.24, 2.45) is 11.8 Å². The normalized spacial score (nSPS) is 19.9. The van der Waals surface area contributed by atoms with Gasteiger partial charge in [0.25, 0.3) is 0 Å². The molecule has 2 heteroatoms. The molecule has 0 aliphatic heterocycles. The SMILES string of the molecule is CCCCCc1ccc(-c2ccc(CCC3CCC(CC)CC3)nn2)cc1. The molecule has 0 bridgehead atoms. The lowest BCUT2D eigenvalue weighted by molar-refractivity contribution is 0.258. The van der Waals surface area contributed by atoms with Crippen LogP contribution in [0.15, 0.2) is 36.4 Å². The van der Waals surface area contributed by atoms with Crippen LogP contribution in [0.2, 0.25) is 0 Å². The van der Waals surface area contributed by atoms with E-state index in [2.05, 4.69) is 60.4 Å². The highest BCUT2D eigenvalue weighted by Crippen LogP contribution is 2.33. The zero-order valence-corrected chi connectivity index (χ0v) is 17.3. The summed E-state index contributed by atoms with van der Waals surface area (Å²) < 4.78 is 0. The van der Waals surface area contributed by atoms with Gasteiger partial charge in [-0.15, -0.1) is 0 Å². The van der Waals surface area contributed by atoms with E-state index in [1.165, 1.54) is 75.3 Å². The van der Waals surface area contributed by atoms with Crippen LogP contribution in [0.3, 0.4) is 0 Å². The van der Waals surface area contributed by atoms with Gasteiger partial charge < -0.3 is 0 Å². The molecule has 1 heterocycles. The summed E-state index contributed by atoms with van der Waals surface area (Å²) >= 11 is 0. The van der Waals surface area contributed by atoms with E-state index in [1.54, 1.807) is 0 Å². The van der Waals surface area contributed by atoms with E-state index >= 15 is 0 Å². The molecule has 0 N–H and O–H groups in total. The number of nitrogens with zero attached hydrogens (tertiary/aromatic N) is 2. The third-order valence-corrected chi connectivity index (χ3v) is 6.39. The highest BCUT2D eigenvalue weighted by Gasteiger charge is 2.19. The summed E-state index contributed by atoms with van der Waals surface area (Å²) in [7, 11) is 0. The van der Waals surface area contributed by atoms with Crippen LogP contribution in [0.4, 0.5) is 0 Å². The van der Waals surface area contributed by atoms with E-state index in [0.717, 1.165) is 29.6 Å². The van der Waals surface area contributed by atoms with E-state index in [1.807, 2.05) is 0 Å². The van der Waals surface area contributed by atoms with Crippen LogP contribution in [0.25, 0.3) is 11.3 Å². The Bertz CT molecular complexity index is 652. The number of benzene rings is 1. The molecule has 0 atom stereocenters. The van der Waals surface area contributed by atoms with E-state index in [9.17, 15) is 0 Å². The molecule has 0 unspecified atom stereocenters. The fourth-order valence-electron chi connectivity index (χ4n) is 4.35. The van der Waals surface area contributed by atoms with E-state index in [0.29, 0.717) is 0 Å². The number of aromatic nitrogens is 2. The first-order valence-electron chi connectivity index (χ1n) is 11.2. The maximum absolute atomic E-state index is 4.50. The summed E-state index contributed by atoms with van der Waals surface area (Å²) in [5.74, 6) is 1.88. The Morgan fingerprint density at radius 2 is 1.52 bits per heavy atom. The van der Waals surface area contributed by atoms with Gasteiger partial charge in [-0.2, -0.15) is 10.2 Å². The van der Waals surface area contributed by atoms with Crippen LogP contribution in [0, 0.1) is 11.8 Å². The quantitative estimate of drug-likeness (QED) is 0.446. The topological polar surface area (TPSA) is 25.8 Å². The number of hydrogen-bond acceptors (Lipinski definition) is 2. The lowest BCUT2D eigenvalue weighted by Gasteiger charge is -2.27. The largest absolute Gasteiger partial charge is 0.155 e. The molecule has 3 rings (SSSR count). The van der Waals surface area contributed by atoms with Crippen molar-refractivity contribution in [1.82, 2.24) is 10.2 Å². The lowest BCUT2D eigenvalue weighted by Crippen LogP contribution is -2.14. The molecule has 0 saturated heterocycles. The van der Waals surface area contributed by atoms with Gasteiger partial charge in [0.15, 0.2) is 0 Å².